The third-order valence-corrected chi connectivity index (χ3v) is 5.78. The lowest BCUT2D eigenvalue weighted by atomic mass is 10.1. The highest BCUT2D eigenvalue weighted by molar-refractivity contribution is 9.13. The minimum atomic E-state index is 0.861. The molecule has 2 rings (SSSR count). The third kappa shape index (κ3) is 3.57. The van der Waals surface area contributed by atoms with Crippen LogP contribution in [-0.2, 0) is 13.0 Å². The zero-order chi connectivity index (χ0) is 12.3. The molecule has 0 aliphatic carbocycles. The van der Waals surface area contributed by atoms with E-state index in [4.69, 9.17) is 0 Å². The number of anilines is 1. The third-order valence-electron chi connectivity index (χ3n) is 2.53. The average molecular weight is 375 g/mol. The van der Waals surface area contributed by atoms with E-state index in [1.807, 2.05) is 0 Å². The standard InChI is InChI=1S/C13H13Br2NS/c1-2-9-3-5-10(6-4-9)16-8-11-7-12(14)13(15)17-11/h3-7,16H,2,8H2,1H3. The lowest BCUT2D eigenvalue weighted by Gasteiger charge is -2.05. The molecule has 0 atom stereocenters. The SMILES string of the molecule is CCc1ccc(NCc2cc(Br)c(Br)s2)cc1. The molecule has 2 aromatic rings. The number of rotatable bonds is 4. The Morgan fingerprint density at radius 2 is 1.88 bits per heavy atom. The Morgan fingerprint density at radius 3 is 2.41 bits per heavy atom. The van der Waals surface area contributed by atoms with E-state index in [-0.39, 0.29) is 0 Å². The van der Waals surface area contributed by atoms with Crippen molar-refractivity contribution in [2.45, 2.75) is 19.9 Å². The van der Waals surface area contributed by atoms with Gasteiger partial charge in [-0.3, -0.25) is 0 Å². The summed E-state index contributed by atoms with van der Waals surface area (Å²) in [7, 11) is 0. The van der Waals surface area contributed by atoms with Crippen molar-refractivity contribution in [1.82, 2.24) is 0 Å². The van der Waals surface area contributed by atoms with Crippen LogP contribution in [0.2, 0.25) is 0 Å². The summed E-state index contributed by atoms with van der Waals surface area (Å²) in [5, 5.41) is 3.42. The van der Waals surface area contributed by atoms with Crippen LogP contribution in [0, 0.1) is 0 Å². The molecule has 0 amide bonds. The van der Waals surface area contributed by atoms with E-state index in [0.717, 1.165) is 21.2 Å². The first kappa shape index (κ1) is 13.1. The highest BCUT2D eigenvalue weighted by Crippen LogP contribution is 2.32. The average Bonchev–Trinajstić information content (AvgIpc) is 2.67. The summed E-state index contributed by atoms with van der Waals surface area (Å²) in [6.07, 6.45) is 1.09. The van der Waals surface area contributed by atoms with E-state index in [0.29, 0.717) is 0 Å². The quantitative estimate of drug-likeness (QED) is 0.750. The van der Waals surface area contributed by atoms with Gasteiger partial charge in [0.25, 0.3) is 0 Å². The van der Waals surface area contributed by atoms with Crippen molar-refractivity contribution >= 4 is 48.9 Å². The van der Waals surface area contributed by atoms with Crippen molar-refractivity contribution < 1.29 is 0 Å². The van der Waals surface area contributed by atoms with Gasteiger partial charge >= 0.3 is 0 Å². The fourth-order valence-electron chi connectivity index (χ4n) is 1.53. The number of nitrogens with one attached hydrogen (secondary N) is 1. The summed E-state index contributed by atoms with van der Waals surface area (Å²) < 4.78 is 2.27. The van der Waals surface area contributed by atoms with Crippen molar-refractivity contribution in [3.05, 3.63) is 49.0 Å². The second-order valence-corrected chi connectivity index (χ2v) is 7.05. The molecule has 0 radical (unpaired) electrons. The van der Waals surface area contributed by atoms with Crippen molar-refractivity contribution in [2.75, 3.05) is 5.32 Å². The molecule has 90 valence electrons. The van der Waals surface area contributed by atoms with Crippen molar-refractivity contribution in [2.24, 2.45) is 0 Å². The Morgan fingerprint density at radius 1 is 1.18 bits per heavy atom. The van der Waals surface area contributed by atoms with Gasteiger partial charge in [-0.1, -0.05) is 19.1 Å². The molecule has 0 spiro atoms. The Hall–Kier alpha value is -0.320. The van der Waals surface area contributed by atoms with Gasteiger partial charge < -0.3 is 5.32 Å². The van der Waals surface area contributed by atoms with Crippen molar-refractivity contribution in [1.29, 1.82) is 0 Å². The number of halogens is 2. The Balaban J connectivity index is 1.97. The van der Waals surface area contributed by atoms with Gasteiger partial charge in [0.2, 0.25) is 0 Å². The van der Waals surface area contributed by atoms with E-state index < -0.39 is 0 Å². The topological polar surface area (TPSA) is 12.0 Å². The molecule has 1 heterocycles. The molecule has 0 saturated carbocycles. The van der Waals surface area contributed by atoms with Gasteiger partial charge in [0.05, 0.1) is 3.79 Å². The summed E-state index contributed by atoms with van der Waals surface area (Å²) in [6.45, 7) is 3.03. The minimum Gasteiger partial charge on any atom is -0.380 e. The van der Waals surface area contributed by atoms with Crippen LogP contribution < -0.4 is 5.32 Å². The smallest absolute Gasteiger partial charge is 0.0843 e. The fourth-order valence-corrected chi connectivity index (χ4v) is 3.64. The van der Waals surface area contributed by atoms with Crippen molar-refractivity contribution in [3.8, 4) is 0 Å². The van der Waals surface area contributed by atoms with Gasteiger partial charge in [-0.15, -0.1) is 11.3 Å². The molecule has 0 aliphatic heterocycles. The van der Waals surface area contributed by atoms with Crippen LogP contribution >= 0.6 is 43.2 Å². The molecular weight excluding hydrogens is 362 g/mol. The van der Waals surface area contributed by atoms with Gasteiger partial charge in [-0.05, 0) is 62.0 Å². The summed E-state index contributed by atoms with van der Waals surface area (Å²) >= 11 is 8.75. The predicted octanol–water partition coefficient (Wildman–Crippen LogP) is 5.45. The molecule has 1 aromatic carbocycles. The minimum absolute atomic E-state index is 0.861. The molecule has 0 aliphatic rings. The van der Waals surface area contributed by atoms with Crippen LogP contribution in [0.25, 0.3) is 0 Å². The van der Waals surface area contributed by atoms with Crippen LogP contribution in [-0.4, -0.2) is 0 Å². The fraction of sp³-hybridized carbons (Fsp3) is 0.231. The van der Waals surface area contributed by atoms with E-state index in [9.17, 15) is 0 Å². The highest BCUT2D eigenvalue weighted by Gasteiger charge is 2.03. The number of hydrogen-bond donors (Lipinski definition) is 1. The maximum Gasteiger partial charge on any atom is 0.0843 e. The van der Waals surface area contributed by atoms with Crippen LogP contribution in [0.15, 0.2) is 38.6 Å². The molecular formula is C13H13Br2NS. The number of thiophene rings is 1. The van der Waals surface area contributed by atoms with Crippen LogP contribution in [0.1, 0.15) is 17.4 Å². The van der Waals surface area contributed by atoms with Crippen LogP contribution in [0.5, 0.6) is 0 Å². The second kappa shape index (κ2) is 6.03. The van der Waals surface area contributed by atoms with Gasteiger partial charge in [0, 0.05) is 21.6 Å². The first-order valence-corrected chi connectivity index (χ1v) is 7.86. The molecule has 1 aromatic heterocycles. The molecule has 0 saturated heterocycles. The summed E-state index contributed by atoms with van der Waals surface area (Å²) in [5.74, 6) is 0. The highest BCUT2D eigenvalue weighted by atomic mass is 79.9. The normalized spacial score (nSPS) is 10.5. The summed E-state index contributed by atoms with van der Waals surface area (Å²) in [6, 6.07) is 10.8. The van der Waals surface area contributed by atoms with E-state index in [1.165, 1.54) is 16.1 Å². The number of aryl methyl sites for hydroxylation is 1. The molecule has 0 unspecified atom stereocenters. The lowest BCUT2D eigenvalue weighted by Crippen LogP contribution is -1.97. The van der Waals surface area contributed by atoms with E-state index >= 15 is 0 Å². The first-order valence-electron chi connectivity index (χ1n) is 5.45. The maximum absolute atomic E-state index is 3.51. The molecule has 17 heavy (non-hydrogen) atoms. The molecule has 0 fully saturated rings. The van der Waals surface area contributed by atoms with Crippen LogP contribution in [0.3, 0.4) is 0 Å². The lowest BCUT2D eigenvalue weighted by molar-refractivity contribution is 1.13. The molecule has 0 bridgehead atoms. The predicted molar refractivity (Wildman–Crippen MR) is 82.9 cm³/mol. The van der Waals surface area contributed by atoms with Gasteiger partial charge in [-0.25, -0.2) is 0 Å². The Kier molecular flexibility index (Phi) is 4.65. The van der Waals surface area contributed by atoms with Gasteiger partial charge in [0.15, 0.2) is 0 Å². The van der Waals surface area contributed by atoms with E-state index in [2.05, 4.69) is 74.4 Å². The van der Waals surface area contributed by atoms with Gasteiger partial charge in [0.1, 0.15) is 0 Å². The summed E-state index contributed by atoms with van der Waals surface area (Å²) in [4.78, 5) is 1.31. The molecule has 1 nitrogen and oxygen atoms in total. The Labute approximate surface area is 123 Å². The molecule has 4 heteroatoms. The Bertz CT molecular complexity index is 471. The van der Waals surface area contributed by atoms with E-state index in [1.54, 1.807) is 11.3 Å². The number of benzene rings is 1. The zero-order valence-corrected chi connectivity index (χ0v) is 13.5. The first-order chi connectivity index (χ1) is 8.19. The maximum atomic E-state index is 3.51. The second-order valence-electron chi connectivity index (χ2n) is 3.74. The number of hydrogen-bond acceptors (Lipinski definition) is 2. The zero-order valence-electron chi connectivity index (χ0n) is 9.47. The van der Waals surface area contributed by atoms with Gasteiger partial charge in [-0.2, -0.15) is 0 Å². The van der Waals surface area contributed by atoms with Crippen LogP contribution in [0.4, 0.5) is 5.69 Å². The molecule has 1 N–H and O–H groups in total. The largest absolute Gasteiger partial charge is 0.380 e. The monoisotopic (exact) mass is 373 g/mol. The van der Waals surface area contributed by atoms with Crippen molar-refractivity contribution in [3.63, 3.8) is 0 Å². The summed E-state index contributed by atoms with van der Waals surface area (Å²) in [5.41, 5.74) is 2.54.